The zero-order valence-electron chi connectivity index (χ0n) is 11.7. The van der Waals surface area contributed by atoms with Gasteiger partial charge in [0.1, 0.15) is 0 Å². The Hall–Kier alpha value is -1.39. The molecule has 2 aromatic rings. The van der Waals surface area contributed by atoms with Gasteiger partial charge in [-0.05, 0) is 17.4 Å². The van der Waals surface area contributed by atoms with Crippen LogP contribution in [0.1, 0.15) is 25.8 Å². The molecule has 1 fully saturated rings. The van der Waals surface area contributed by atoms with Crippen LogP contribution in [0.15, 0.2) is 24.4 Å². The molecule has 3 N–H and O–H groups in total. The molecule has 19 heavy (non-hydrogen) atoms. The number of fused-ring (bicyclic) bond motifs is 1. The second kappa shape index (κ2) is 4.62. The predicted molar refractivity (Wildman–Crippen MR) is 77.7 cm³/mol. The molecule has 1 aromatic heterocycles. The summed E-state index contributed by atoms with van der Waals surface area (Å²) in [5, 5.41) is 8.42. The van der Waals surface area contributed by atoms with Crippen LogP contribution in [-0.2, 0) is 6.54 Å². The van der Waals surface area contributed by atoms with Crippen molar-refractivity contribution in [3.05, 3.63) is 30.0 Å². The molecule has 1 unspecified atom stereocenters. The van der Waals surface area contributed by atoms with Gasteiger partial charge in [0.15, 0.2) is 0 Å². The summed E-state index contributed by atoms with van der Waals surface area (Å²) >= 11 is 0. The third-order valence-corrected chi connectivity index (χ3v) is 4.35. The largest absolute Gasteiger partial charge is 0.327 e. The van der Waals surface area contributed by atoms with Crippen LogP contribution in [0, 0.1) is 5.41 Å². The van der Waals surface area contributed by atoms with Crippen molar-refractivity contribution < 1.29 is 0 Å². The summed E-state index contributed by atoms with van der Waals surface area (Å²) in [6, 6.07) is 6.70. The van der Waals surface area contributed by atoms with E-state index in [0.29, 0.717) is 6.04 Å². The van der Waals surface area contributed by atoms with Crippen molar-refractivity contribution in [3.63, 3.8) is 0 Å². The van der Waals surface area contributed by atoms with Gasteiger partial charge in [-0.25, -0.2) is 0 Å². The second-order valence-corrected chi connectivity index (χ2v) is 6.35. The van der Waals surface area contributed by atoms with Crippen LogP contribution in [0.2, 0.25) is 0 Å². The Morgan fingerprint density at radius 1 is 1.47 bits per heavy atom. The maximum absolute atomic E-state index is 6.20. The van der Waals surface area contributed by atoms with E-state index in [0.717, 1.165) is 31.6 Å². The van der Waals surface area contributed by atoms with Crippen molar-refractivity contribution in [3.8, 4) is 0 Å². The van der Waals surface area contributed by atoms with Crippen LogP contribution in [-0.4, -0.2) is 34.2 Å². The molecule has 3 rings (SSSR count). The van der Waals surface area contributed by atoms with Crippen molar-refractivity contribution in [1.82, 2.24) is 15.1 Å². The lowest BCUT2D eigenvalue weighted by Gasteiger charge is -2.42. The number of aromatic nitrogens is 2. The molecule has 4 nitrogen and oxygen atoms in total. The lowest BCUT2D eigenvalue weighted by atomic mass is 9.79. The van der Waals surface area contributed by atoms with E-state index in [1.165, 1.54) is 10.9 Å². The van der Waals surface area contributed by atoms with E-state index in [4.69, 9.17) is 5.73 Å². The van der Waals surface area contributed by atoms with E-state index in [1.54, 1.807) is 0 Å². The van der Waals surface area contributed by atoms with Gasteiger partial charge in [0.25, 0.3) is 0 Å². The van der Waals surface area contributed by atoms with Crippen LogP contribution in [0.5, 0.6) is 0 Å². The number of para-hydroxylation sites is 1. The monoisotopic (exact) mass is 258 g/mol. The Balaban J connectivity index is 1.80. The molecule has 1 atom stereocenters. The molecule has 0 amide bonds. The van der Waals surface area contributed by atoms with Crippen molar-refractivity contribution in [2.24, 2.45) is 11.1 Å². The van der Waals surface area contributed by atoms with Gasteiger partial charge in [0.05, 0.1) is 11.7 Å². The minimum absolute atomic E-state index is 0.195. The Labute approximate surface area is 114 Å². The van der Waals surface area contributed by atoms with E-state index < -0.39 is 0 Å². The van der Waals surface area contributed by atoms with E-state index in [2.05, 4.69) is 47.1 Å². The van der Waals surface area contributed by atoms with Gasteiger partial charge < -0.3 is 5.73 Å². The Kier molecular flexibility index (Phi) is 3.07. The molecule has 0 bridgehead atoms. The summed E-state index contributed by atoms with van der Waals surface area (Å²) in [5.41, 5.74) is 8.88. The van der Waals surface area contributed by atoms with Gasteiger partial charge in [0, 0.05) is 31.1 Å². The fraction of sp³-hybridized carbons (Fsp3) is 0.533. The van der Waals surface area contributed by atoms with Gasteiger partial charge in [-0.15, -0.1) is 0 Å². The van der Waals surface area contributed by atoms with Crippen molar-refractivity contribution in [1.29, 1.82) is 0 Å². The number of aromatic amines is 1. The summed E-state index contributed by atoms with van der Waals surface area (Å²) in [6.45, 7) is 7.63. The summed E-state index contributed by atoms with van der Waals surface area (Å²) in [4.78, 5) is 2.50. The number of nitrogens with two attached hydrogens (primary N) is 1. The lowest BCUT2D eigenvalue weighted by molar-refractivity contribution is 0.0901. The molecule has 2 heterocycles. The van der Waals surface area contributed by atoms with Gasteiger partial charge in [-0.3, -0.25) is 10.00 Å². The maximum Gasteiger partial charge on any atom is 0.0695 e. The van der Waals surface area contributed by atoms with Gasteiger partial charge in [-0.1, -0.05) is 32.0 Å². The quantitative estimate of drug-likeness (QED) is 0.867. The predicted octanol–water partition coefficient (Wildman–Crippen LogP) is 2.12. The third-order valence-electron chi connectivity index (χ3n) is 4.35. The summed E-state index contributed by atoms with van der Waals surface area (Å²) in [5.74, 6) is 0. The number of piperidine rings is 1. The van der Waals surface area contributed by atoms with Gasteiger partial charge in [0.2, 0.25) is 0 Å². The number of hydrogen-bond donors (Lipinski definition) is 2. The standard InChI is InChI=1S/C15H22N4/c1-15(2)10-19(7-6-13(15)16)9-12-5-3-4-11-8-17-18-14(11)12/h3-5,8,13H,6-7,9-10,16H2,1-2H3,(H,17,18). The number of hydrogen-bond acceptors (Lipinski definition) is 3. The first-order chi connectivity index (χ1) is 9.06. The molecule has 1 aromatic carbocycles. The number of benzene rings is 1. The molecule has 4 heteroatoms. The molecular weight excluding hydrogens is 236 g/mol. The molecular formula is C15H22N4. The van der Waals surface area contributed by atoms with Crippen molar-refractivity contribution in [2.45, 2.75) is 32.9 Å². The highest BCUT2D eigenvalue weighted by Crippen LogP contribution is 2.29. The van der Waals surface area contributed by atoms with E-state index >= 15 is 0 Å². The lowest BCUT2D eigenvalue weighted by Crippen LogP contribution is -2.52. The molecule has 1 saturated heterocycles. The highest BCUT2D eigenvalue weighted by atomic mass is 15.2. The average Bonchev–Trinajstić information content (AvgIpc) is 2.83. The van der Waals surface area contributed by atoms with Crippen LogP contribution in [0.25, 0.3) is 10.9 Å². The number of likely N-dealkylation sites (tertiary alicyclic amines) is 1. The van der Waals surface area contributed by atoms with E-state index in [1.807, 2.05) is 6.20 Å². The Morgan fingerprint density at radius 2 is 2.32 bits per heavy atom. The molecule has 1 aliphatic heterocycles. The van der Waals surface area contributed by atoms with Crippen LogP contribution < -0.4 is 5.73 Å². The second-order valence-electron chi connectivity index (χ2n) is 6.35. The summed E-state index contributed by atoms with van der Waals surface area (Å²) in [7, 11) is 0. The molecule has 0 saturated carbocycles. The highest BCUT2D eigenvalue weighted by Gasteiger charge is 2.33. The van der Waals surface area contributed by atoms with Crippen LogP contribution in [0.4, 0.5) is 0 Å². The average molecular weight is 258 g/mol. The van der Waals surface area contributed by atoms with E-state index in [-0.39, 0.29) is 5.41 Å². The SMILES string of the molecule is CC1(C)CN(Cc2cccc3cn[nH]c23)CCC1N. The minimum Gasteiger partial charge on any atom is -0.327 e. The third kappa shape index (κ3) is 2.38. The number of H-pyrrole nitrogens is 1. The van der Waals surface area contributed by atoms with Crippen molar-refractivity contribution in [2.75, 3.05) is 13.1 Å². The zero-order valence-corrected chi connectivity index (χ0v) is 11.7. The first-order valence-electron chi connectivity index (χ1n) is 6.95. The van der Waals surface area contributed by atoms with Gasteiger partial charge >= 0.3 is 0 Å². The number of rotatable bonds is 2. The van der Waals surface area contributed by atoms with E-state index in [9.17, 15) is 0 Å². The summed E-state index contributed by atoms with van der Waals surface area (Å²) in [6.07, 6.45) is 2.96. The zero-order chi connectivity index (χ0) is 13.5. The summed E-state index contributed by atoms with van der Waals surface area (Å²) < 4.78 is 0. The van der Waals surface area contributed by atoms with Crippen molar-refractivity contribution >= 4 is 10.9 Å². The fourth-order valence-corrected chi connectivity index (χ4v) is 3.02. The maximum atomic E-state index is 6.20. The van der Waals surface area contributed by atoms with Gasteiger partial charge in [-0.2, -0.15) is 5.10 Å². The molecule has 0 spiro atoms. The molecule has 0 aliphatic carbocycles. The Bertz CT molecular complexity index is 572. The smallest absolute Gasteiger partial charge is 0.0695 e. The highest BCUT2D eigenvalue weighted by molar-refractivity contribution is 5.81. The first-order valence-corrected chi connectivity index (χ1v) is 6.95. The normalized spacial score (nSPS) is 23.8. The Morgan fingerprint density at radius 3 is 3.11 bits per heavy atom. The number of nitrogens with one attached hydrogen (secondary N) is 1. The topological polar surface area (TPSA) is 57.9 Å². The first kappa shape index (κ1) is 12.6. The van der Waals surface area contributed by atoms with Crippen LogP contribution >= 0.6 is 0 Å². The molecule has 0 radical (unpaired) electrons. The molecule has 102 valence electrons. The minimum atomic E-state index is 0.195. The molecule has 1 aliphatic rings. The number of nitrogens with zero attached hydrogens (tertiary/aromatic N) is 2. The fourth-order valence-electron chi connectivity index (χ4n) is 3.02. The van der Waals surface area contributed by atoms with Crippen LogP contribution in [0.3, 0.4) is 0 Å².